The number of halogens is 4. The number of hydrogen-bond donors (Lipinski definition) is 4. The zero-order chi connectivity index (χ0) is 18.9. The summed E-state index contributed by atoms with van der Waals surface area (Å²) in [7, 11) is 0. The number of H-pyrrole nitrogens is 1. The Morgan fingerprint density at radius 1 is 1.31 bits per heavy atom. The van der Waals surface area contributed by atoms with Crippen molar-refractivity contribution in [3.63, 3.8) is 0 Å². The minimum Gasteiger partial charge on any atom is -0.342 e. The predicted octanol–water partition coefficient (Wildman–Crippen LogP) is 1.97. The molecular weight excluding hydrogens is 375 g/mol. The van der Waals surface area contributed by atoms with Gasteiger partial charge in [-0.15, -0.1) is 0 Å². The van der Waals surface area contributed by atoms with Crippen LogP contribution in [0, 0.1) is 0 Å². The highest BCUT2D eigenvalue weighted by Gasteiger charge is 2.36. The normalized spacial score (nSPS) is 18.2. The number of aromatic nitrogens is 2. The lowest BCUT2D eigenvalue weighted by Gasteiger charge is -2.19. The summed E-state index contributed by atoms with van der Waals surface area (Å²) in [6.07, 6.45) is -3.57. The number of amides is 3. The minimum absolute atomic E-state index is 0.0229. The first-order valence-electron chi connectivity index (χ1n) is 7.47. The molecule has 11 heteroatoms. The van der Waals surface area contributed by atoms with E-state index in [4.69, 9.17) is 11.6 Å². The summed E-state index contributed by atoms with van der Waals surface area (Å²) in [6.45, 7) is 0.0758. The van der Waals surface area contributed by atoms with Crippen LogP contribution in [0.2, 0.25) is 5.02 Å². The SMILES string of the molecule is O=C1NCC(C(=O)N[C@H](c2ccc(Cl)cc2)c2c[nH]c(C(F)(F)F)n2)N1. The summed E-state index contributed by atoms with van der Waals surface area (Å²) in [5, 5.41) is 7.89. The van der Waals surface area contributed by atoms with Crippen molar-refractivity contribution in [3.05, 3.63) is 52.6 Å². The van der Waals surface area contributed by atoms with E-state index in [-0.39, 0.29) is 12.2 Å². The molecule has 7 nitrogen and oxygen atoms in total. The van der Waals surface area contributed by atoms with E-state index in [9.17, 15) is 22.8 Å². The quantitative estimate of drug-likeness (QED) is 0.645. The van der Waals surface area contributed by atoms with Crippen LogP contribution in [0.25, 0.3) is 0 Å². The van der Waals surface area contributed by atoms with Crippen LogP contribution in [0.1, 0.15) is 23.1 Å². The molecule has 3 rings (SSSR count). The fraction of sp³-hybridized carbons (Fsp3) is 0.267. The van der Waals surface area contributed by atoms with E-state index in [1.54, 1.807) is 24.3 Å². The van der Waals surface area contributed by atoms with Crippen molar-refractivity contribution in [1.29, 1.82) is 0 Å². The Morgan fingerprint density at radius 3 is 2.54 bits per heavy atom. The second-order valence-corrected chi connectivity index (χ2v) is 6.01. The van der Waals surface area contributed by atoms with Crippen molar-refractivity contribution < 1.29 is 22.8 Å². The van der Waals surface area contributed by atoms with Crippen molar-refractivity contribution in [2.24, 2.45) is 0 Å². The Morgan fingerprint density at radius 2 is 2.00 bits per heavy atom. The van der Waals surface area contributed by atoms with E-state index >= 15 is 0 Å². The molecule has 1 aromatic carbocycles. The molecular formula is C15H13ClF3N5O2. The Labute approximate surface area is 150 Å². The Bertz CT molecular complexity index is 821. The van der Waals surface area contributed by atoms with E-state index in [0.717, 1.165) is 6.20 Å². The summed E-state index contributed by atoms with van der Waals surface area (Å²) in [5.74, 6) is -1.73. The van der Waals surface area contributed by atoms with Crippen molar-refractivity contribution >= 4 is 23.5 Å². The van der Waals surface area contributed by atoms with Gasteiger partial charge < -0.3 is 20.9 Å². The highest BCUT2D eigenvalue weighted by molar-refractivity contribution is 6.30. The van der Waals surface area contributed by atoms with Gasteiger partial charge in [-0.3, -0.25) is 4.79 Å². The van der Waals surface area contributed by atoms with Crippen molar-refractivity contribution in [1.82, 2.24) is 25.9 Å². The lowest BCUT2D eigenvalue weighted by molar-refractivity contribution is -0.144. The number of benzene rings is 1. The molecule has 0 bridgehead atoms. The lowest BCUT2D eigenvalue weighted by Crippen LogP contribution is -2.44. The first-order valence-corrected chi connectivity index (χ1v) is 7.84. The van der Waals surface area contributed by atoms with Gasteiger partial charge in [-0.1, -0.05) is 23.7 Å². The number of hydrogen-bond acceptors (Lipinski definition) is 3. The average molecular weight is 388 g/mol. The number of carbonyl (C=O) groups is 2. The summed E-state index contributed by atoms with van der Waals surface area (Å²) >= 11 is 5.84. The maximum atomic E-state index is 12.8. The summed E-state index contributed by atoms with van der Waals surface area (Å²) in [4.78, 5) is 29.1. The van der Waals surface area contributed by atoms with Gasteiger partial charge >= 0.3 is 12.2 Å². The Hall–Kier alpha value is -2.75. The highest BCUT2D eigenvalue weighted by atomic mass is 35.5. The molecule has 26 heavy (non-hydrogen) atoms. The number of carbonyl (C=O) groups excluding carboxylic acids is 2. The first kappa shape index (κ1) is 18.1. The van der Waals surface area contributed by atoms with Crippen LogP contribution in [-0.4, -0.2) is 34.5 Å². The molecule has 3 amide bonds. The largest absolute Gasteiger partial charge is 0.449 e. The molecule has 1 unspecified atom stereocenters. The maximum Gasteiger partial charge on any atom is 0.449 e. The minimum atomic E-state index is -4.64. The Balaban J connectivity index is 1.89. The van der Waals surface area contributed by atoms with Gasteiger partial charge in [-0.2, -0.15) is 13.2 Å². The fourth-order valence-corrected chi connectivity index (χ4v) is 2.59. The zero-order valence-electron chi connectivity index (χ0n) is 13.0. The number of alkyl halides is 3. The van der Waals surface area contributed by atoms with E-state index < -0.39 is 36.0 Å². The number of aromatic amines is 1. The van der Waals surface area contributed by atoms with Crippen LogP contribution < -0.4 is 16.0 Å². The van der Waals surface area contributed by atoms with Gasteiger partial charge in [-0.05, 0) is 17.7 Å². The number of rotatable bonds is 4. The van der Waals surface area contributed by atoms with E-state index in [2.05, 4.69) is 25.9 Å². The highest BCUT2D eigenvalue weighted by Crippen LogP contribution is 2.29. The van der Waals surface area contributed by atoms with Crippen molar-refractivity contribution in [2.75, 3.05) is 6.54 Å². The number of imidazole rings is 1. The molecule has 0 aliphatic carbocycles. The third-order valence-electron chi connectivity index (χ3n) is 3.74. The first-order chi connectivity index (χ1) is 12.2. The zero-order valence-corrected chi connectivity index (χ0v) is 13.8. The van der Waals surface area contributed by atoms with Gasteiger partial charge in [0, 0.05) is 17.8 Å². The fourth-order valence-electron chi connectivity index (χ4n) is 2.47. The van der Waals surface area contributed by atoms with Gasteiger partial charge in [0.2, 0.25) is 11.7 Å². The maximum absolute atomic E-state index is 12.8. The third-order valence-corrected chi connectivity index (χ3v) is 3.99. The monoisotopic (exact) mass is 387 g/mol. The van der Waals surface area contributed by atoms with Gasteiger partial charge in [0.25, 0.3) is 0 Å². The molecule has 1 saturated heterocycles. The summed E-state index contributed by atoms with van der Waals surface area (Å²) < 4.78 is 38.5. The third kappa shape index (κ3) is 3.90. The summed E-state index contributed by atoms with van der Waals surface area (Å²) in [6, 6.07) is 3.95. The molecule has 0 radical (unpaired) electrons. The topological polar surface area (TPSA) is 98.9 Å². The molecule has 0 spiro atoms. The number of urea groups is 1. The molecule has 2 atom stereocenters. The van der Waals surface area contributed by atoms with Crippen LogP contribution in [0.5, 0.6) is 0 Å². The summed E-state index contributed by atoms with van der Waals surface area (Å²) in [5.41, 5.74) is 0.463. The number of nitrogens with zero attached hydrogens (tertiary/aromatic N) is 1. The molecule has 138 valence electrons. The van der Waals surface area contributed by atoms with Gasteiger partial charge in [-0.25, -0.2) is 9.78 Å². The van der Waals surface area contributed by atoms with Crippen LogP contribution in [0.3, 0.4) is 0 Å². The second-order valence-electron chi connectivity index (χ2n) is 5.57. The molecule has 1 aromatic heterocycles. The van der Waals surface area contributed by atoms with E-state index in [1.807, 2.05) is 0 Å². The standard InChI is InChI=1S/C15H13ClF3N5O2/c16-8-3-1-7(2-4-8)11(9-5-20-13(22-9)15(17,18)19)24-12(25)10-6-21-14(26)23-10/h1-5,10-11H,6H2,(H,20,22)(H,24,25)(H2,21,23,26)/t10?,11-/m1/s1. The molecule has 1 aliphatic heterocycles. The van der Waals surface area contributed by atoms with Gasteiger partial charge in [0.05, 0.1) is 11.7 Å². The number of nitrogens with one attached hydrogen (secondary N) is 4. The van der Waals surface area contributed by atoms with Crippen molar-refractivity contribution in [3.8, 4) is 0 Å². The molecule has 2 heterocycles. The van der Waals surface area contributed by atoms with Gasteiger partial charge in [0.15, 0.2) is 0 Å². The van der Waals surface area contributed by atoms with Gasteiger partial charge in [0.1, 0.15) is 6.04 Å². The van der Waals surface area contributed by atoms with Crippen molar-refractivity contribution in [2.45, 2.75) is 18.3 Å². The molecule has 4 N–H and O–H groups in total. The Kier molecular flexibility index (Phi) is 4.77. The van der Waals surface area contributed by atoms with Crippen LogP contribution in [0.15, 0.2) is 30.5 Å². The van der Waals surface area contributed by atoms with Crippen LogP contribution >= 0.6 is 11.6 Å². The van der Waals surface area contributed by atoms with E-state index in [0.29, 0.717) is 10.6 Å². The molecule has 1 aliphatic rings. The van der Waals surface area contributed by atoms with E-state index in [1.165, 1.54) is 0 Å². The smallest absolute Gasteiger partial charge is 0.342 e. The predicted molar refractivity (Wildman–Crippen MR) is 85.3 cm³/mol. The lowest BCUT2D eigenvalue weighted by atomic mass is 10.0. The average Bonchev–Trinajstić information content (AvgIpc) is 3.22. The van der Waals surface area contributed by atoms with Crippen LogP contribution in [-0.2, 0) is 11.0 Å². The van der Waals surface area contributed by atoms with Crippen LogP contribution in [0.4, 0.5) is 18.0 Å². The molecule has 1 fully saturated rings. The molecule has 0 saturated carbocycles. The second kappa shape index (κ2) is 6.87. The molecule has 2 aromatic rings.